The monoisotopic (exact) mass is 488 g/mol. The number of fused-ring (bicyclic) bond motifs is 3. The molecule has 1 aliphatic heterocycles. The van der Waals surface area contributed by atoms with Gasteiger partial charge in [0.15, 0.2) is 0 Å². The van der Waals surface area contributed by atoms with Crippen molar-refractivity contribution < 1.29 is 9.59 Å². The third kappa shape index (κ3) is 4.29. The fraction of sp³-hybridized carbons (Fsp3) is 0.226. The Morgan fingerprint density at radius 3 is 2.59 bits per heavy atom. The minimum Gasteiger partial charge on any atom is -0.357 e. The molecule has 2 heterocycles. The van der Waals surface area contributed by atoms with Gasteiger partial charge in [0.05, 0.1) is 11.0 Å². The van der Waals surface area contributed by atoms with Crippen LogP contribution >= 0.6 is 0 Å². The standard InChI is InChI=1S/C31H28N4O2/c1-32-30(36)29-18-26-23(17-22-7-3-4-8-24(22)26)19-35(29)31(37)25-9-5-2-6-21(25)12-10-20-11-13-27-28(16-20)34-15-14-33-27/h2-9,11,13-16,29H,10,12,17-19H2,1H3,(H,32,36)/t29-/m1/s1. The van der Waals surface area contributed by atoms with E-state index in [4.69, 9.17) is 0 Å². The molecular weight excluding hydrogens is 460 g/mol. The number of nitrogens with one attached hydrogen (secondary N) is 1. The summed E-state index contributed by atoms with van der Waals surface area (Å²) >= 11 is 0. The first-order valence-corrected chi connectivity index (χ1v) is 12.7. The van der Waals surface area contributed by atoms with Crippen molar-refractivity contribution in [3.05, 3.63) is 113 Å². The molecule has 3 aromatic carbocycles. The van der Waals surface area contributed by atoms with Crippen LogP contribution in [-0.2, 0) is 24.1 Å². The molecule has 2 aliphatic rings. The number of likely N-dealkylation sites (N-methyl/N-ethyl adjacent to an activating group) is 1. The fourth-order valence-electron chi connectivity index (χ4n) is 5.68. The topological polar surface area (TPSA) is 75.2 Å². The zero-order valence-electron chi connectivity index (χ0n) is 20.8. The lowest BCUT2D eigenvalue weighted by molar-refractivity contribution is -0.125. The molecular formula is C31H28N4O2. The average molecular weight is 489 g/mol. The molecule has 0 radical (unpaired) electrons. The van der Waals surface area contributed by atoms with Crippen LogP contribution in [0.1, 0.15) is 39.0 Å². The van der Waals surface area contributed by atoms with Crippen molar-refractivity contribution in [2.75, 3.05) is 13.6 Å². The maximum absolute atomic E-state index is 14.0. The predicted octanol–water partition coefficient (Wildman–Crippen LogP) is 4.39. The summed E-state index contributed by atoms with van der Waals surface area (Å²) in [4.78, 5) is 37.5. The molecule has 0 fully saturated rings. The van der Waals surface area contributed by atoms with Crippen molar-refractivity contribution in [2.45, 2.75) is 31.7 Å². The van der Waals surface area contributed by atoms with Crippen molar-refractivity contribution in [2.24, 2.45) is 0 Å². The highest BCUT2D eigenvalue weighted by Crippen LogP contribution is 2.40. The Balaban J connectivity index is 1.27. The first-order valence-electron chi connectivity index (χ1n) is 12.7. The number of benzene rings is 3. The summed E-state index contributed by atoms with van der Waals surface area (Å²) in [5.74, 6) is -0.213. The maximum Gasteiger partial charge on any atom is 0.255 e. The summed E-state index contributed by atoms with van der Waals surface area (Å²) in [7, 11) is 1.64. The summed E-state index contributed by atoms with van der Waals surface area (Å²) < 4.78 is 0. The van der Waals surface area contributed by atoms with Crippen LogP contribution in [0.3, 0.4) is 0 Å². The third-order valence-electron chi connectivity index (χ3n) is 7.58. The molecule has 6 heteroatoms. The van der Waals surface area contributed by atoms with E-state index < -0.39 is 6.04 Å². The number of aryl methyl sites for hydroxylation is 2. The largest absolute Gasteiger partial charge is 0.357 e. The lowest BCUT2D eigenvalue weighted by Gasteiger charge is -2.36. The van der Waals surface area contributed by atoms with Gasteiger partial charge in [0.25, 0.3) is 5.91 Å². The normalized spacial score (nSPS) is 16.5. The Kier molecular flexibility index (Phi) is 6.01. The second-order valence-electron chi connectivity index (χ2n) is 9.72. The van der Waals surface area contributed by atoms with Crippen LogP contribution in [0.5, 0.6) is 0 Å². The molecule has 6 rings (SSSR count). The number of aromatic nitrogens is 2. The van der Waals surface area contributed by atoms with Crippen LogP contribution in [0.4, 0.5) is 0 Å². The zero-order valence-corrected chi connectivity index (χ0v) is 20.8. The molecule has 2 amide bonds. The second-order valence-corrected chi connectivity index (χ2v) is 9.72. The summed E-state index contributed by atoms with van der Waals surface area (Å²) in [6, 6.07) is 21.7. The molecule has 0 spiro atoms. The average Bonchev–Trinajstić information content (AvgIpc) is 3.32. The SMILES string of the molecule is CNC(=O)[C@H]1CC2=C(Cc3ccccc32)CN1C(=O)c1ccccc1CCc1ccc2nccnc2c1. The lowest BCUT2D eigenvalue weighted by Crippen LogP contribution is -2.51. The van der Waals surface area contributed by atoms with E-state index in [9.17, 15) is 9.59 Å². The van der Waals surface area contributed by atoms with Crippen molar-refractivity contribution in [1.29, 1.82) is 0 Å². The second kappa shape index (κ2) is 9.62. The van der Waals surface area contributed by atoms with Crippen molar-refractivity contribution in [3.63, 3.8) is 0 Å². The first kappa shape index (κ1) is 23.1. The summed E-state index contributed by atoms with van der Waals surface area (Å²) in [6.07, 6.45) is 6.26. The molecule has 1 atom stereocenters. The molecule has 37 heavy (non-hydrogen) atoms. The molecule has 0 bridgehead atoms. The zero-order chi connectivity index (χ0) is 25.4. The predicted molar refractivity (Wildman–Crippen MR) is 144 cm³/mol. The molecule has 1 aliphatic carbocycles. The Labute approximate surface area is 216 Å². The molecule has 184 valence electrons. The van der Waals surface area contributed by atoms with E-state index in [-0.39, 0.29) is 11.8 Å². The summed E-state index contributed by atoms with van der Waals surface area (Å²) in [5, 5.41) is 2.78. The summed E-state index contributed by atoms with van der Waals surface area (Å²) in [5.41, 5.74) is 9.49. The summed E-state index contributed by atoms with van der Waals surface area (Å²) in [6.45, 7) is 0.471. The number of carbonyl (C=O) groups is 2. The maximum atomic E-state index is 14.0. The van der Waals surface area contributed by atoms with E-state index >= 15 is 0 Å². The Bertz CT molecular complexity index is 1560. The van der Waals surface area contributed by atoms with Crippen LogP contribution in [0.15, 0.2) is 84.7 Å². The van der Waals surface area contributed by atoms with Gasteiger partial charge in [-0.1, -0.05) is 48.5 Å². The van der Waals surface area contributed by atoms with Gasteiger partial charge < -0.3 is 10.2 Å². The van der Waals surface area contributed by atoms with Gasteiger partial charge in [0.2, 0.25) is 5.91 Å². The van der Waals surface area contributed by atoms with Crippen LogP contribution in [0.2, 0.25) is 0 Å². The van der Waals surface area contributed by atoms with Crippen molar-refractivity contribution >= 4 is 28.4 Å². The number of carbonyl (C=O) groups excluding carboxylic acids is 2. The van der Waals surface area contributed by atoms with E-state index in [2.05, 4.69) is 45.6 Å². The van der Waals surface area contributed by atoms with Gasteiger partial charge in [-0.3, -0.25) is 19.6 Å². The lowest BCUT2D eigenvalue weighted by atomic mass is 9.91. The van der Waals surface area contributed by atoms with Crippen LogP contribution in [-0.4, -0.2) is 46.3 Å². The van der Waals surface area contributed by atoms with Gasteiger partial charge >= 0.3 is 0 Å². The quantitative estimate of drug-likeness (QED) is 0.452. The Morgan fingerprint density at radius 1 is 0.946 bits per heavy atom. The first-order chi connectivity index (χ1) is 18.1. The highest BCUT2D eigenvalue weighted by atomic mass is 16.2. The number of hydrogen-bond donors (Lipinski definition) is 1. The van der Waals surface area contributed by atoms with Gasteiger partial charge in [0.1, 0.15) is 6.04 Å². The highest BCUT2D eigenvalue weighted by Gasteiger charge is 2.39. The number of amides is 2. The number of hydrogen-bond acceptors (Lipinski definition) is 4. The minimum atomic E-state index is -0.533. The van der Waals surface area contributed by atoms with Crippen molar-refractivity contribution in [1.82, 2.24) is 20.2 Å². The fourth-order valence-corrected chi connectivity index (χ4v) is 5.68. The smallest absolute Gasteiger partial charge is 0.255 e. The van der Waals surface area contributed by atoms with E-state index in [1.54, 1.807) is 24.3 Å². The van der Waals surface area contributed by atoms with Gasteiger partial charge in [0, 0.05) is 38.0 Å². The third-order valence-corrected chi connectivity index (χ3v) is 7.58. The number of rotatable bonds is 5. The van der Waals surface area contributed by atoms with Crippen LogP contribution < -0.4 is 5.32 Å². The highest BCUT2D eigenvalue weighted by molar-refractivity contribution is 6.00. The molecule has 0 unspecified atom stereocenters. The number of nitrogens with zero attached hydrogens (tertiary/aromatic N) is 3. The molecule has 0 saturated heterocycles. The van der Waals surface area contributed by atoms with Gasteiger partial charge in [-0.2, -0.15) is 0 Å². The van der Waals surface area contributed by atoms with Gasteiger partial charge in [-0.15, -0.1) is 0 Å². The van der Waals surface area contributed by atoms with Crippen molar-refractivity contribution in [3.8, 4) is 0 Å². The van der Waals surface area contributed by atoms with E-state index in [1.807, 2.05) is 36.4 Å². The van der Waals surface area contributed by atoms with E-state index in [0.717, 1.165) is 35.0 Å². The van der Waals surface area contributed by atoms with Crippen LogP contribution in [0, 0.1) is 0 Å². The molecule has 4 aromatic rings. The van der Waals surface area contributed by atoms with Crippen LogP contribution in [0.25, 0.3) is 16.6 Å². The molecule has 1 N–H and O–H groups in total. The molecule has 1 aromatic heterocycles. The Hall–Kier alpha value is -4.32. The van der Waals surface area contributed by atoms with E-state index in [0.29, 0.717) is 24.9 Å². The molecule has 0 saturated carbocycles. The molecule has 6 nitrogen and oxygen atoms in total. The van der Waals surface area contributed by atoms with E-state index in [1.165, 1.54) is 22.3 Å². The minimum absolute atomic E-state index is 0.0870. The Morgan fingerprint density at radius 2 is 1.73 bits per heavy atom. The van der Waals surface area contributed by atoms with Gasteiger partial charge in [-0.25, -0.2) is 0 Å². The van der Waals surface area contributed by atoms with Gasteiger partial charge in [-0.05, 0) is 70.9 Å².